The number of carbonyl (C=O) groups is 1. The molecule has 0 N–H and O–H groups in total. The van der Waals surface area contributed by atoms with Gasteiger partial charge in [-0.25, -0.2) is 0 Å². The molecule has 0 aliphatic carbocycles. The van der Waals surface area contributed by atoms with Crippen LogP contribution in [-0.2, 0) is 6.54 Å². The van der Waals surface area contributed by atoms with E-state index in [1.165, 1.54) is 25.8 Å². The highest BCUT2D eigenvalue weighted by atomic mass is 16.2. The molecule has 0 unspecified atom stereocenters. The van der Waals surface area contributed by atoms with Gasteiger partial charge in [0.25, 0.3) is 5.91 Å². The number of aryl methyl sites for hydroxylation is 1. The molecule has 1 amide bonds. The Balaban J connectivity index is 1.37. The van der Waals surface area contributed by atoms with Crippen molar-refractivity contribution in [2.24, 2.45) is 0 Å². The van der Waals surface area contributed by atoms with E-state index in [0.717, 1.165) is 36.3 Å². The van der Waals surface area contributed by atoms with Crippen LogP contribution in [0.5, 0.6) is 0 Å². The molecule has 5 heteroatoms. The fraction of sp³-hybridized carbons (Fsp3) is 0.524. The van der Waals surface area contributed by atoms with Crippen molar-refractivity contribution in [1.29, 1.82) is 0 Å². The second-order valence-corrected chi connectivity index (χ2v) is 7.61. The summed E-state index contributed by atoms with van der Waals surface area (Å²) in [6, 6.07) is 9.14. The normalized spacial score (nSPS) is 21.6. The van der Waals surface area contributed by atoms with Crippen molar-refractivity contribution in [2.75, 3.05) is 19.6 Å². The molecule has 5 nitrogen and oxygen atoms in total. The fourth-order valence-corrected chi connectivity index (χ4v) is 4.17. The van der Waals surface area contributed by atoms with Gasteiger partial charge in [-0.1, -0.05) is 18.6 Å². The lowest BCUT2D eigenvalue weighted by molar-refractivity contribution is 0.00213. The predicted molar refractivity (Wildman–Crippen MR) is 103 cm³/mol. The Morgan fingerprint density at radius 3 is 2.58 bits per heavy atom. The van der Waals surface area contributed by atoms with Crippen molar-refractivity contribution in [3.63, 3.8) is 0 Å². The average molecular weight is 352 g/mol. The topological polar surface area (TPSA) is 41.4 Å². The summed E-state index contributed by atoms with van der Waals surface area (Å²) in [6.07, 6.45) is 7.85. The number of nitrogens with zero attached hydrogens (tertiary/aromatic N) is 4. The van der Waals surface area contributed by atoms with Crippen LogP contribution in [0.1, 0.15) is 43.5 Å². The van der Waals surface area contributed by atoms with Gasteiger partial charge in [0.2, 0.25) is 0 Å². The zero-order valence-electron chi connectivity index (χ0n) is 15.8. The van der Waals surface area contributed by atoms with Crippen LogP contribution in [0.15, 0.2) is 36.7 Å². The van der Waals surface area contributed by atoms with Crippen molar-refractivity contribution < 1.29 is 4.79 Å². The Morgan fingerprint density at radius 2 is 1.92 bits per heavy atom. The molecular weight excluding hydrogens is 324 g/mol. The Kier molecular flexibility index (Phi) is 4.81. The third-order valence-corrected chi connectivity index (χ3v) is 5.90. The van der Waals surface area contributed by atoms with Crippen LogP contribution in [0.25, 0.3) is 11.1 Å². The highest BCUT2D eigenvalue weighted by Gasteiger charge is 2.37. The van der Waals surface area contributed by atoms with Gasteiger partial charge in [0.1, 0.15) is 0 Å². The first kappa shape index (κ1) is 17.3. The molecular formula is C21H28N4O. The zero-order valence-corrected chi connectivity index (χ0v) is 15.8. The highest BCUT2D eigenvalue weighted by molar-refractivity contribution is 5.95. The molecule has 3 heterocycles. The van der Waals surface area contributed by atoms with Crippen LogP contribution < -0.4 is 0 Å². The molecule has 0 bridgehead atoms. The molecule has 26 heavy (non-hydrogen) atoms. The highest BCUT2D eigenvalue weighted by Crippen LogP contribution is 2.26. The summed E-state index contributed by atoms with van der Waals surface area (Å²) in [5.41, 5.74) is 2.97. The number of aromatic nitrogens is 2. The Labute approximate surface area is 155 Å². The summed E-state index contributed by atoms with van der Waals surface area (Å²) < 4.78 is 1.91. The molecule has 1 atom stereocenters. The summed E-state index contributed by atoms with van der Waals surface area (Å²) in [5, 5.41) is 4.31. The van der Waals surface area contributed by atoms with Gasteiger partial charge in [0.15, 0.2) is 0 Å². The van der Waals surface area contributed by atoms with E-state index < -0.39 is 0 Å². The fourth-order valence-electron chi connectivity index (χ4n) is 4.17. The Hall–Kier alpha value is -2.14. The van der Waals surface area contributed by atoms with Gasteiger partial charge in [-0.3, -0.25) is 14.4 Å². The number of hydrogen-bond acceptors (Lipinski definition) is 3. The van der Waals surface area contributed by atoms with Crippen molar-refractivity contribution in [2.45, 2.75) is 51.7 Å². The minimum Gasteiger partial charge on any atom is -0.335 e. The summed E-state index contributed by atoms with van der Waals surface area (Å²) in [4.78, 5) is 17.3. The van der Waals surface area contributed by atoms with E-state index in [0.29, 0.717) is 12.1 Å². The van der Waals surface area contributed by atoms with Crippen LogP contribution >= 0.6 is 0 Å². The lowest BCUT2D eigenvalue weighted by atomic mass is 9.96. The van der Waals surface area contributed by atoms with Gasteiger partial charge in [-0.2, -0.15) is 5.10 Å². The lowest BCUT2D eigenvalue weighted by Gasteiger charge is -2.49. The molecule has 1 aromatic heterocycles. The average Bonchev–Trinajstić information content (AvgIpc) is 3.11. The maximum Gasteiger partial charge on any atom is 0.253 e. The number of rotatable bonds is 4. The first-order chi connectivity index (χ1) is 12.7. The quantitative estimate of drug-likeness (QED) is 0.848. The minimum absolute atomic E-state index is 0.154. The zero-order chi connectivity index (χ0) is 18.1. The molecule has 2 saturated heterocycles. The summed E-state index contributed by atoms with van der Waals surface area (Å²) in [6.45, 7) is 8.19. The molecule has 4 rings (SSSR count). The predicted octanol–water partition coefficient (Wildman–Crippen LogP) is 3.27. The number of benzene rings is 1. The van der Waals surface area contributed by atoms with Crippen molar-refractivity contribution in [1.82, 2.24) is 19.6 Å². The molecule has 2 aromatic rings. The monoisotopic (exact) mass is 352 g/mol. The van der Waals surface area contributed by atoms with Crippen LogP contribution in [-0.4, -0.2) is 57.2 Å². The number of likely N-dealkylation sites (tertiary alicyclic amines) is 2. The molecule has 2 fully saturated rings. The molecule has 2 aliphatic rings. The maximum absolute atomic E-state index is 12.7. The van der Waals surface area contributed by atoms with Crippen molar-refractivity contribution in [3.8, 4) is 11.1 Å². The molecule has 1 aromatic carbocycles. The number of hydrogen-bond donors (Lipinski definition) is 0. The number of piperidine rings is 1. The van der Waals surface area contributed by atoms with Gasteiger partial charge in [0.05, 0.1) is 6.20 Å². The van der Waals surface area contributed by atoms with Gasteiger partial charge in [-0.05, 0) is 50.9 Å². The maximum atomic E-state index is 12.7. The van der Waals surface area contributed by atoms with Crippen LogP contribution in [0.4, 0.5) is 0 Å². The third kappa shape index (κ3) is 3.28. The molecule has 138 valence electrons. The van der Waals surface area contributed by atoms with E-state index in [1.54, 1.807) is 0 Å². The summed E-state index contributed by atoms with van der Waals surface area (Å²) in [5.74, 6) is 0.154. The van der Waals surface area contributed by atoms with E-state index in [2.05, 4.69) is 23.8 Å². The largest absolute Gasteiger partial charge is 0.335 e. The molecule has 0 radical (unpaired) electrons. The van der Waals surface area contributed by atoms with E-state index in [1.807, 2.05) is 46.2 Å². The van der Waals surface area contributed by atoms with E-state index in [4.69, 9.17) is 0 Å². The number of carbonyl (C=O) groups excluding carboxylic acids is 1. The van der Waals surface area contributed by atoms with Crippen LogP contribution in [0.2, 0.25) is 0 Å². The minimum atomic E-state index is 0.154. The standard InChI is InChI=1S/C21H28N4O/c1-3-24-13-19(12-22-24)17-7-9-18(10-8-17)21(26)23-14-20(15-23)25-11-5-4-6-16(25)2/h7-10,12-13,16,20H,3-6,11,14-15H2,1-2H3/t16-/m1/s1. The molecule has 0 saturated carbocycles. The van der Waals surface area contributed by atoms with Gasteiger partial charge in [0, 0.05) is 49.0 Å². The van der Waals surface area contributed by atoms with E-state index in [-0.39, 0.29) is 5.91 Å². The van der Waals surface area contributed by atoms with Crippen LogP contribution in [0.3, 0.4) is 0 Å². The van der Waals surface area contributed by atoms with Gasteiger partial charge in [-0.15, -0.1) is 0 Å². The molecule has 0 spiro atoms. The third-order valence-electron chi connectivity index (χ3n) is 5.90. The Morgan fingerprint density at radius 1 is 1.15 bits per heavy atom. The Bertz CT molecular complexity index is 761. The van der Waals surface area contributed by atoms with E-state index >= 15 is 0 Å². The lowest BCUT2D eigenvalue weighted by Crippen LogP contribution is -2.63. The van der Waals surface area contributed by atoms with Crippen LogP contribution in [0, 0.1) is 0 Å². The number of amides is 1. The second-order valence-electron chi connectivity index (χ2n) is 7.61. The first-order valence-electron chi connectivity index (χ1n) is 9.83. The summed E-state index contributed by atoms with van der Waals surface area (Å²) >= 11 is 0. The summed E-state index contributed by atoms with van der Waals surface area (Å²) in [7, 11) is 0. The smallest absolute Gasteiger partial charge is 0.253 e. The van der Waals surface area contributed by atoms with Gasteiger partial charge < -0.3 is 4.90 Å². The molecule has 2 aliphatic heterocycles. The van der Waals surface area contributed by atoms with E-state index in [9.17, 15) is 4.79 Å². The van der Waals surface area contributed by atoms with Crippen molar-refractivity contribution in [3.05, 3.63) is 42.2 Å². The van der Waals surface area contributed by atoms with Crippen molar-refractivity contribution >= 4 is 5.91 Å². The van der Waals surface area contributed by atoms with Gasteiger partial charge >= 0.3 is 0 Å². The first-order valence-corrected chi connectivity index (χ1v) is 9.83. The SMILES string of the molecule is CCn1cc(-c2ccc(C(=O)N3CC(N4CCCC[C@H]4C)C3)cc2)cn1. The second kappa shape index (κ2) is 7.23.